The molecular weight excluding hydrogens is 251 g/mol. The maximum absolute atomic E-state index is 13.5. The molecule has 1 heterocycles. The van der Waals surface area contributed by atoms with Crippen molar-refractivity contribution in [3.05, 3.63) is 29.6 Å². The maximum atomic E-state index is 13.5. The zero-order chi connectivity index (χ0) is 13.4. The molecule has 0 spiro atoms. The van der Waals surface area contributed by atoms with Crippen LogP contribution < -0.4 is 4.90 Å². The first-order valence-electron chi connectivity index (χ1n) is 5.08. The van der Waals surface area contributed by atoms with Gasteiger partial charge in [-0.3, -0.25) is 9.59 Å². The van der Waals surface area contributed by atoms with Crippen molar-refractivity contribution >= 4 is 17.6 Å². The second-order valence-electron chi connectivity index (χ2n) is 3.96. The van der Waals surface area contributed by atoms with Gasteiger partial charge in [0.15, 0.2) is 11.6 Å². The molecule has 1 aromatic rings. The molecule has 7 heteroatoms. The first-order chi connectivity index (χ1) is 8.40. The summed E-state index contributed by atoms with van der Waals surface area (Å²) in [5.74, 6) is -6.69. The van der Waals surface area contributed by atoms with Crippen LogP contribution in [-0.2, 0) is 9.59 Å². The molecule has 0 radical (unpaired) electrons. The molecule has 0 bridgehead atoms. The summed E-state index contributed by atoms with van der Waals surface area (Å²) in [6.07, 6.45) is -0.313. The Bertz CT molecular complexity index is 533. The average Bonchev–Trinajstić information content (AvgIpc) is 2.66. The summed E-state index contributed by atoms with van der Waals surface area (Å²) >= 11 is 0. The summed E-state index contributed by atoms with van der Waals surface area (Å²) in [4.78, 5) is 23.0. The number of carbonyl (C=O) groups is 2. The SMILES string of the molecule is O=C(O)C1CC(=O)N(c2cc(F)cc(F)c2F)C1. The Hall–Kier alpha value is -2.05. The van der Waals surface area contributed by atoms with E-state index >= 15 is 0 Å². The standard InChI is InChI=1S/C11H8F3NO3/c12-6-2-7(13)10(14)8(3-6)15-4-5(11(17)18)1-9(15)16/h2-3,5H,1,4H2,(H,17,18). The van der Waals surface area contributed by atoms with Crippen molar-refractivity contribution in [2.24, 2.45) is 5.92 Å². The highest BCUT2D eigenvalue weighted by Crippen LogP contribution is 2.29. The van der Waals surface area contributed by atoms with E-state index in [0.717, 1.165) is 4.90 Å². The van der Waals surface area contributed by atoms with Crippen molar-refractivity contribution in [1.82, 2.24) is 0 Å². The molecule has 1 saturated heterocycles. The van der Waals surface area contributed by atoms with Crippen LogP contribution in [0.3, 0.4) is 0 Å². The molecule has 1 fully saturated rings. The van der Waals surface area contributed by atoms with Gasteiger partial charge in [-0.25, -0.2) is 13.2 Å². The van der Waals surface area contributed by atoms with Crippen molar-refractivity contribution in [1.29, 1.82) is 0 Å². The molecule has 4 nitrogen and oxygen atoms in total. The van der Waals surface area contributed by atoms with Gasteiger partial charge >= 0.3 is 5.97 Å². The number of carboxylic acids is 1. The van der Waals surface area contributed by atoms with E-state index in [4.69, 9.17) is 5.11 Å². The third-order valence-electron chi connectivity index (χ3n) is 2.74. The number of hydrogen-bond acceptors (Lipinski definition) is 2. The van der Waals surface area contributed by atoms with Gasteiger partial charge in [-0.1, -0.05) is 0 Å². The number of carbonyl (C=O) groups excluding carboxylic acids is 1. The molecule has 1 aliphatic heterocycles. The molecule has 96 valence electrons. The number of hydrogen-bond donors (Lipinski definition) is 1. The third-order valence-corrected chi connectivity index (χ3v) is 2.74. The summed E-state index contributed by atoms with van der Waals surface area (Å²) in [5.41, 5.74) is -0.568. The highest BCUT2D eigenvalue weighted by molar-refractivity contribution is 5.99. The number of carboxylic acid groups (broad SMARTS) is 1. The van der Waals surface area contributed by atoms with E-state index in [9.17, 15) is 22.8 Å². The minimum Gasteiger partial charge on any atom is -0.481 e. The van der Waals surface area contributed by atoms with E-state index < -0.39 is 40.9 Å². The number of aliphatic carboxylic acids is 1. The number of benzene rings is 1. The fourth-order valence-electron chi connectivity index (χ4n) is 1.84. The first kappa shape index (κ1) is 12.4. The molecule has 0 aromatic heterocycles. The Morgan fingerprint density at radius 3 is 2.56 bits per heavy atom. The Labute approximate surface area is 99.6 Å². The summed E-state index contributed by atoms with van der Waals surface area (Å²) in [6, 6.07) is 1.02. The molecule has 2 rings (SSSR count). The minimum atomic E-state index is -1.42. The molecule has 1 atom stereocenters. The number of halogens is 3. The van der Waals surface area contributed by atoms with Crippen molar-refractivity contribution < 1.29 is 27.9 Å². The second kappa shape index (κ2) is 4.32. The second-order valence-corrected chi connectivity index (χ2v) is 3.96. The lowest BCUT2D eigenvalue weighted by Crippen LogP contribution is -2.27. The van der Waals surface area contributed by atoms with Crippen LogP contribution in [0, 0.1) is 23.4 Å². The van der Waals surface area contributed by atoms with Crippen LogP contribution in [0.2, 0.25) is 0 Å². The normalized spacial score (nSPS) is 19.4. The molecular formula is C11H8F3NO3. The van der Waals surface area contributed by atoms with Gasteiger partial charge in [-0.15, -0.1) is 0 Å². The number of anilines is 1. The van der Waals surface area contributed by atoms with Gasteiger partial charge in [0.2, 0.25) is 5.91 Å². The van der Waals surface area contributed by atoms with E-state index in [0.29, 0.717) is 12.1 Å². The van der Waals surface area contributed by atoms with Crippen LogP contribution >= 0.6 is 0 Å². The van der Waals surface area contributed by atoms with Gasteiger partial charge in [-0.2, -0.15) is 0 Å². The molecule has 18 heavy (non-hydrogen) atoms. The van der Waals surface area contributed by atoms with Gasteiger partial charge in [0.05, 0.1) is 11.6 Å². The summed E-state index contributed by atoms with van der Waals surface area (Å²) in [7, 11) is 0. The highest BCUT2D eigenvalue weighted by Gasteiger charge is 2.36. The zero-order valence-corrected chi connectivity index (χ0v) is 8.99. The largest absolute Gasteiger partial charge is 0.481 e. The Balaban J connectivity index is 2.38. The van der Waals surface area contributed by atoms with Crippen LogP contribution in [0.5, 0.6) is 0 Å². The van der Waals surface area contributed by atoms with Crippen LogP contribution in [-0.4, -0.2) is 23.5 Å². The summed E-state index contributed by atoms with van der Waals surface area (Å²) < 4.78 is 39.4. The van der Waals surface area contributed by atoms with Crippen LogP contribution in [0.15, 0.2) is 12.1 Å². The van der Waals surface area contributed by atoms with Crippen LogP contribution in [0.4, 0.5) is 18.9 Å². The fraction of sp³-hybridized carbons (Fsp3) is 0.273. The minimum absolute atomic E-state index is 0.298. The van der Waals surface area contributed by atoms with Crippen molar-refractivity contribution in [3.63, 3.8) is 0 Å². The smallest absolute Gasteiger partial charge is 0.308 e. The van der Waals surface area contributed by atoms with Crippen molar-refractivity contribution in [2.45, 2.75) is 6.42 Å². The number of rotatable bonds is 2. The molecule has 0 aliphatic carbocycles. The Morgan fingerprint density at radius 2 is 2.00 bits per heavy atom. The van der Waals surface area contributed by atoms with E-state index in [1.165, 1.54) is 0 Å². The number of amides is 1. The monoisotopic (exact) mass is 259 g/mol. The Morgan fingerprint density at radius 1 is 1.33 bits per heavy atom. The van der Waals surface area contributed by atoms with Crippen molar-refractivity contribution in [3.8, 4) is 0 Å². The highest BCUT2D eigenvalue weighted by atomic mass is 19.2. The molecule has 1 N–H and O–H groups in total. The summed E-state index contributed by atoms with van der Waals surface area (Å²) in [5, 5.41) is 8.75. The van der Waals surface area contributed by atoms with E-state index in [2.05, 4.69) is 0 Å². The summed E-state index contributed by atoms with van der Waals surface area (Å²) in [6.45, 7) is -0.298. The van der Waals surface area contributed by atoms with Crippen LogP contribution in [0.25, 0.3) is 0 Å². The number of nitrogens with zero attached hydrogens (tertiary/aromatic N) is 1. The third kappa shape index (κ3) is 2.03. The lowest BCUT2D eigenvalue weighted by atomic mass is 10.1. The lowest BCUT2D eigenvalue weighted by Gasteiger charge is -2.17. The van der Waals surface area contributed by atoms with Gasteiger partial charge in [-0.05, 0) is 0 Å². The molecule has 1 aromatic carbocycles. The van der Waals surface area contributed by atoms with Gasteiger partial charge in [0.1, 0.15) is 5.82 Å². The molecule has 1 amide bonds. The average molecular weight is 259 g/mol. The zero-order valence-electron chi connectivity index (χ0n) is 8.99. The van der Waals surface area contributed by atoms with Gasteiger partial charge < -0.3 is 10.0 Å². The topological polar surface area (TPSA) is 57.6 Å². The molecule has 0 saturated carbocycles. The van der Waals surface area contributed by atoms with E-state index in [1.807, 2.05) is 0 Å². The quantitative estimate of drug-likeness (QED) is 0.819. The van der Waals surface area contributed by atoms with Crippen molar-refractivity contribution in [2.75, 3.05) is 11.4 Å². The van der Waals surface area contributed by atoms with E-state index in [-0.39, 0.29) is 13.0 Å². The maximum Gasteiger partial charge on any atom is 0.308 e. The first-order valence-corrected chi connectivity index (χ1v) is 5.08. The van der Waals surface area contributed by atoms with E-state index in [1.54, 1.807) is 0 Å². The van der Waals surface area contributed by atoms with Gasteiger partial charge in [0, 0.05) is 25.1 Å². The lowest BCUT2D eigenvalue weighted by molar-refractivity contribution is -0.141. The molecule has 1 aliphatic rings. The van der Waals surface area contributed by atoms with Crippen LogP contribution in [0.1, 0.15) is 6.42 Å². The predicted molar refractivity (Wildman–Crippen MR) is 54.4 cm³/mol. The fourth-order valence-corrected chi connectivity index (χ4v) is 1.84. The Kier molecular flexibility index (Phi) is 2.98. The molecule has 1 unspecified atom stereocenters. The van der Waals surface area contributed by atoms with Gasteiger partial charge in [0.25, 0.3) is 0 Å². The predicted octanol–water partition coefficient (Wildman–Crippen LogP) is 1.54.